The molecule has 8 heteroatoms. The fourth-order valence-corrected chi connectivity index (χ4v) is 4.01. The Morgan fingerprint density at radius 2 is 0.971 bits per heavy atom. The third-order valence-corrected chi connectivity index (χ3v) is 5.66. The maximum Gasteiger partial charge on any atom is 1.00 e. The quantitative estimate of drug-likeness (QED) is 0.195. The minimum Gasteiger partial charge on any atom is -0.779 e. The molecular weight excluding hydrogens is 497 g/mol. The van der Waals surface area contributed by atoms with E-state index >= 15 is 0 Å². The molecule has 4 aromatic carbocycles. The van der Waals surface area contributed by atoms with Gasteiger partial charge in [-0.3, -0.25) is 0 Å². The van der Waals surface area contributed by atoms with Crippen molar-refractivity contribution >= 4 is 12.6 Å². The molecule has 0 saturated heterocycles. The summed E-state index contributed by atoms with van der Waals surface area (Å²) < 4.78 is 80.9. The SMILES string of the molecule is FC(F)(F)c1ccc(-c2cc(-c3ccccc3)c([S-])c(-c3ccccc3)c2)c(C(F)(F)F)c1.[K+]. The molecule has 0 atom stereocenters. The summed E-state index contributed by atoms with van der Waals surface area (Å²) in [6.07, 6.45) is -9.88. The first kappa shape index (κ1) is 26.9. The molecule has 0 saturated carbocycles. The molecule has 0 radical (unpaired) electrons. The molecule has 0 spiro atoms. The van der Waals surface area contributed by atoms with Gasteiger partial charge < -0.3 is 12.6 Å². The van der Waals surface area contributed by atoms with E-state index in [9.17, 15) is 26.3 Å². The summed E-state index contributed by atoms with van der Waals surface area (Å²) in [6.45, 7) is 0. The summed E-state index contributed by atoms with van der Waals surface area (Å²) in [7, 11) is 0. The van der Waals surface area contributed by atoms with Crippen LogP contribution in [0.25, 0.3) is 33.4 Å². The Morgan fingerprint density at radius 1 is 0.500 bits per heavy atom. The van der Waals surface area contributed by atoms with E-state index in [2.05, 4.69) is 0 Å². The van der Waals surface area contributed by atoms with Gasteiger partial charge in [0.2, 0.25) is 0 Å². The fraction of sp³-hybridized carbons (Fsp3) is 0.0769. The van der Waals surface area contributed by atoms with Crippen LogP contribution in [0.5, 0.6) is 0 Å². The van der Waals surface area contributed by atoms with Crippen LogP contribution in [0.1, 0.15) is 11.1 Å². The Labute approximate surface area is 240 Å². The van der Waals surface area contributed by atoms with Gasteiger partial charge in [0.15, 0.2) is 0 Å². The van der Waals surface area contributed by atoms with Crippen LogP contribution < -0.4 is 51.4 Å². The molecule has 34 heavy (non-hydrogen) atoms. The Balaban J connectivity index is 0.00000324. The standard InChI is InChI=1S/C26H16F6S.K/c27-25(28,29)19-11-12-20(23(15-19)26(30,31)32)18-13-21(16-7-3-1-4-8-16)24(33)22(14-18)17-9-5-2-6-10-17;/h1-15,33H;/q;+1/p-1. The normalized spacial score (nSPS) is 11.7. The Kier molecular flexibility index (Phi) is 8.32. The van der Waals surface area contributed by atoms with Crippen molar-refractivity contribution in [3.05, 3.63) is 102 Å². The van der Waals surface area contributed by atoms with E-state index in [-0.39, 0.29) is 68.6 Å². The van der Waals surface area contributed by atoms with Crippen molar-refractivity contribution < 1.29 is 77.7 Å². The molecule has 4 rings (SSSR count). The zero-order valence-corrected chi connectivity index (χ0v) is 21.8. The van der Waals surface area contributed by atoms with Crippen molar-refractivity contribution in [1.82, 2.24) is 0 Å². The molecule has 0 unspecified atom stereocenters. The summed E-state index contributed by atoms with van der Waals surface area (Å²) in [4.78, 5) is 0.441. The molecule has 4 aromatic rings. The molecule has 0 aliphatic heterocycles. The van der Waals surface area contributed by atoms with Gasteiger partial charge in [-0.05, 0) is 57.6 Å². The van der Waals surface area contributed by atoms with Gasteiger partial charge in [-0.15, -0.1) is 0 Å². The Morgan fingerprint density at radius 3 is 1.38 bits per heavy atom. The second kappa shape index (κ2) is 10.5. The van der Waals surface area contributed by atoms with E-state index in [1.54, 1.807) is 60.7 Å². The summed E-state index contributed by atoms with van der Waals surface area (Å²) in [5.74, 6) is 0. The van der Waals surface area contributed by atoms with Crippen molar-refractivity contribution in [3.63, 3.8) is 0 Å². The van der Waals surface area contributed by atoms with E-state index < -0.39 is 23.5 Å². The molecule has 0 amide bonds. The summed E-state index contributed by atoms with van der Waals surface area (Å²) in [5.41, 5.74) is -0.492. The maximum atomic E-state index is 13.8. The molecule has 0 nitrogen and oxygen atoms in total. The molecular formula is C26H15F6KS. The minimum atomic E-state index is -4.98. The van der Waals surface area contributed by atoms with Crippen LogP contribution in [0.15, 0.2) is 95.9 Å². The van der Waals surface area contributed by atoms with Crippen molar-refractivity contribution in [2.24, 2.45) is 0 Å². The average molecular weight is 513 g/mol. The van der Waals surface area contributed by atoms with Crippen LogP contribution in [0.3, 0.4) is 0 Å². The monoisotopic (exact) mass is 512 g/mol. The first-order valence-electron chi connectivity index (χ1n) is 9.80. The summed E-state index contributed by atoms with van der Waals surface area (Å²) in [5, 5.41) is 0. The number of hydrogen-bond donors (Lipinski definition) is 0. The average Bonchev–Trinajstić information content (AvgIpc) is 2.79. The number of benzene rings is 4. The van der Waals surface area contributed by atoms with Gasteiger partial charge in [0.25, 0.3) is 0 Å². The van der Waals surface area contributed by atoms with Crippen LogP contribution in [0.4, 0.5) is 26.3 Å². The van der Waals surface area contributed by atoms with Gasteiger partial charge >= 0.3 is 63.7 Å². The summed E-state index contributed by atoms with van der Waals surface area (Å²) >= 11 is 5.67. The predicted molar refractivity (Wildman–Crippen MR) is 118 cm³/mol. The Bertz CT molecular complexity index is 1220. The third-order valence-electron chi connectivity index (χ3n) is 5.22. The van der Waals surface area contributed by atoms with E-state index in [0.717, 1.165) is 6.07 Å². The van der Waals surface area contributed by atoms with Crippen molar-refractivity contribution in [2.75, 3.05) is 0 Å². The van der Waals surface area contributed by atoms with Crippen molar-refractivity contribution in [1.29, 1.82) is 0 Å². The molecule has 0 aliphatic rings. The second-order valence-electron chi connectivity index (χ2n) is 7.39. The summed E-state index contributed by atoms with van der Waals surface area (Å²) in [6, 6.07) is 22.5. The van der Waals surface area contributed by atoms with Gasteiger partial charge in [-0.1, -0.05) is 66.7 Å². The van der Waals surface area contributed by atoms with Crippen molar-refractivity contribution in [2.45, 2.75) is 17.2 Å². The van der Waals surface area contributed by atoms with E-state index in [4.69, 9.17) is 12.6 Å². The second-order valence-corrected chi connectivity index (χ2v) is 7.80. The van der Waals surface area contributed by atoms with Crippen LogP contribution in [-0.2, 0) is 25.0 Å². The third kappa shape index (κ3) is 5.75. The molecule has 0 fully saturated rings. The number of rotatable bonds is 3. The fourth-order valence-electron chi connectivity index (χ4n) is 3.66. The smallest absolute Gasteiger partial charge is 0.779 e. The van der Waals surface area contributed by atoms with Crippen molar-refractivity contribution in [3.8, 4) is 33.4 Å². The van der Waals surface area contributed by atoms with Crippen LogP contribution in [-0.4, -0.2) is 0 Å². The zero-order chi connectivity index (χ0) is 23.8. The van der Waals surface area contributed by atoms with E-state index in [1.165, 1.54) is 12.1 Å². The van der Waals surface area contributed by atoms with Crippen LogP contribution in [0, 0.1) is 0 Å². The topological polar surface area (TPSA) is 0 Å². The number of hydrogen-bond acceptors (Lipinski definition) is 1. The Hall–Kier alpha value is -1.68. The van der Waals surface area contributed by atoms with Gasteiger partial charge in [0, 0.05) is 0 Å². The molecule has 0 bridgehead atoms. The largest absolute Gasteiger partial charge is 1.00 e. The molecule has 0 aliphatic carbocycles. The number of halogens is 6. The predicted octanol–water partition coefficient (Wildman–Crippen LogP) is 5.64. The molecule has 0 heterocycles. The molecule has 168 valence electrons. The maximum absolute atomic E-state index is 13.8. The number of alkyl halides is 6. The van der Waals surface area contributed by atoms with Gasteiger partial charge in [0.05, 0.1) is 11.1 Å². The zero-order valence-electron chi connectivity index (χ0n) is 17.8. The van der Waals surface area contributed by atoms with E-state index in [1.807, 2.05) is 0 Å². The van der Waals surface area contributed by atoms with E-state index in [0.29, 0.717) is 33.2 Å². The van der Waals surface area contributed by atoms with Gasteiger partial charge in [-0.2, -0.15) is 31.2 Å². The molecule has 0 aromatic heterocycles. The first-order valence-corrected chi connectivity index (χ1v) is 10.2. The van der Waals surface area contributed by atoms with Crippen LogP contribution >= 0.6 is 0 Å². The van der Waals surface area contributed by atoms with Crippen LogP contribution in [0.2, 0.25) is 0 Å². The first-order chi connectivity index (χ1) is 15.6. The molecule has 0 N–H and O–H groups in total. The minimum absolute atomic E-state index is 0. The van der Waals surface area contributed by atoms with Gasteiger partial charge in [-0.25, -0.2) is 0 Å². The van der Waals surface area contributed by atoms with Gasteiger partial charge in [0.1, 0.15) is 0 Å².